The lowest BCUT2D eigenvalue weighted by atomic mass is 9.97. The first-order valence-electron chi connectivity index (χ1n) is 9.05. The Hall–Kier alpha value is -2.26. The van der Waals surface area contributed by atoms with Gasteiger partial charge in [-0.2, -0.15) is 18.3 Å². The molecule has 1 aromatic rings. The fourth-order valence-corrected chi connectivity index (χ4v) is 3.06. The van der Waals surface area contributed by atoms with E-state index in [0.29, 0.717) is 45.0 Å². The molecule has 27 heavy (non-hydrogen) atoms. The zero-order valence-electron chi connectivity index (χ0n) is 15.8. The Morgan fingerprint density at radius 2 is 2.04 bits per heavy atom. The van der Waals surface area contributed by atoms with Gasteiger partial charge < -0.3 is 15.0 Å². The summed E-state index contributed by atoms with van der Waals surface area (Å²) in [5, 5.41) is 6.61. The number of aromatic nitrogens is 2. The Morgan fingerprint density at radius 1 is 1.37 bits per heavy atom. The van der Waals surface area contributed by atoms with Crippen LogP contribution in [0.1, 0.15) is 37.9 Å². The molecule has 2 heterocycles. The predicted molar refractivity (Wildman–Crippen MR) is 94.0 cm³/mol. The largest absolute Gasteiger partial charge is 0.466 e. The van der Waals surface area contributed by atoms with Gasteiger partial charge in [0.05, 0.1) is 19.1 Å². The number of carbonyl (C=O) groups is 1. The first kappa shape index (κ1) is 21.0. The molecule has 1 aliphatic heterocycles. The minimum absolute atomic E-state index is 0.0295. The molecule has 1 fully saturated rings. The Bertz CT molecular complexity index is 664. The van der Waals surface area contributed by atoms with Gasteiger partial charge in [0.15, 0.2) is 11.7 Å². The molecule has 0 saturated carbocycles. The van der Waals surface area contributed by atoms with Gasteiger partial charge in [0, 0.05) is 38.4 Å². The van der Waals surface area contributed by atoms with Crippen molar-refractivity contribution in [3.05, 3.63) is 17.5 Å². The third kappa shape index (κ3) is 5.61. The number of esters is 1. The second-order valence-corrected chi connectivity index (χ2v) is 6.36. The molecule has 2 rings (SSSR count). The molecule has 0 aromatic carbocycles. The molecule has 0 bridgehead atoms. The monoisotopic (exact) mass is 389 g/mol. The molecule has 1 aromatic heterocycles. The number of rotatable bonds is 5. The van der Waals surface area contributed by atoms with Crippen LogP contribution in [0.3, 0.4) is 0 Å². The van der Waals surface area contributed by atoms with Gasteiger partial charge in [-0.15, -0.1) is 0 Å². The number of hydrogen-bond acceptors (Lipinski definition) is 4. The van der Waals surface area contributed by atoms with E-state index in [1.807, 2.05) is 11.8 Å². The number of aliphatic imine (C=N–C) groups is 1. The van der Waals surface area contributed by atoms with E-state index < -0.39 is 11.9 Å². The summed E-state index contributed by atoms with van der Waals surface area (Å²) in [5.41, 5.74) is -0.882. The molecule has 1 saturated heterocycles. The van der Waals surface area contributed by atoms with Crippen LogP contribution in [-0.4, -0.2) is 52.9 Å². The molecule has 7 nitrogen and oxygen atoms in total. The lowest BCUT2D eigenvalue weighted by Gasteiger charge is -2.33. The van der Waals surface area contributed by atoms with Gasteiger partial charge in [0.25, 0.3) is 0 Å². The maximum Gasteiger partial charge on any atom is 0.435 e. The van der Waals surface area contributed by atoms with E-state index in [1.54, 1.807) is 6.92 Å². The first-order chi connectivity index (χ1) is 12.8. The summed E-state index contributed by atoms with van der Waals surface area (Å²) in [6, 6.07) is 0. The van der Waals surface area contributed by atoms with Gasteiger partial charge in [-0.05, 0) is 26.7 Å². The van der Waals surface area contributed by atoms with Gasteiger partial charge in [0.1, 0.15) is 0 Å². The number of piperidine rings is 1. The number of nitrogens with zero attached hydrogens (tertiary/aromatic N) is 4. The average molecular weight is 389 g/mol. The number of carbonyl (C=O) groups excluding carboxylic acids is 1. The fraction of sp³-hybridized carbons (Fsp3) is 0.706. The summed E-state index contributed by atoms with van der Waals surface area (Å²) in [7, 11) is 1.45. The minimum atomic E-state index is -4.51. The highest BCUT2D eigenvalue weighted by molar-refractivity contribution is 5.80. The lowest BCUT2D eigenvalue weighted by molar-refractivity contribution is -0.149. The molecule has 10 heteroatoms. The lowest BCUT2D eigenvalue weighted by Crippen LogP contribution is -2.46. The number of guanidine groups is 1. The molecule has 0 aliphatic carbocycles. The van der Waals surface area contributed by atoms with Crippen molar-refractivity contribution < 1.29 is 22.7 Å². The van der Waals surface area contributed by atoms with Gasteiger partial charge in [-0.25, -0.2) is 4.99 Å². The Labute approximate surface area is 156 Å². The molecule has 1 aliphatic rings. The number of alkyl halides is 3. The maximum atomic E-state index is 13.1. The number of ether oxygens (including phenoxy) is 1. The molecular weight excluding hydrogens is 363 g/mol. The Balaban J connectivity index is 2.07. The summed E-state index contributed by atoms with van der Waals surface area (Å²) in [5.74, 6) is 0.209. The zero-order chi connectivity index (χ0) is 20.0. The van der Waals surface area contributed by atoms with Crippen molar-refractivity contribution in [3.63, 3.8) is 0 Å². The summed E-state index contributed by atoms with van der Waals surface area (Å²) in [4.78, 5) is 18.2. The molecular formula is C17H26F3N5O2. The maximum absolute atomic E-state index is 13.1. The van der Waals surface area contributed by atoms with Crippen molar-refractivity contribution in [2.75, 3.05) is 26.2 Å². The third-order valence-electron chi connectivity index (χ3n) is 4.32. The van der Waals surface area contributed by atoms with Crippen molar-refractivity contribution in [1.29, 1.82) is 0 Å². The van der Waals surface area contributed by atoms with Crippen LogP contribution in [0.2, 0.25) is 0 Å². The molecule has 0 amide bonds. The smallest absolute Gasteiger partial charge is 0.435 e. The van der Waals surface area contributed by atoms with E-state index in [-0.39, 0.29) is 24.0 Å². The number of aryl methyl sites for hydroxylation is 1. The second kappa shape index (κ2) is 9.09. The summed E-state index contributed by atoms with van der Waals surface area (Å²) in [6.45, 7) is 5.68. The van der Waals surface area contributed by atoms with Crippen LogP contribution in [0.15, 0.2) is 11.2 Å². The van der Waals surface area contributed by atoms with Crippen molar-refractivity contribution in [1.82, 2.24) is 20.0 Å². The molecule has 152 valence electrons. The van der Waals surface area contributed by atoms with Crippen LogP contribution in [0, 0.1) is 5.92 Å². The molecule has 0 unspecified atom stereocenters. The summed E-state index contributed by atoms with van der Waals surface area (Å²) >= 11 is 0. The standard InChI is InChI=1S/C17H26F3N5O2/c1-4-21-16(25-8-6-12(7-9-25)15(26)27-5-2)22-10-13-11-24(3)23-14(13)17(18,19)20/h11-12H,4-10H2,1-3H3,(H,21,22). The molecule has 0 radical (unpaired) electrons. The van der Waals surface area contributed by atoms with E-state index in [9.17, 15) is 18.0 Å². The predicted octanol–water partition coefficient (Wildman–Crippen LogP) is 2.18. The highest BCUT2D eigenvalue weighted by Crippen LogP contribution is 2.31. The number of hydrogen-bond donors (Lipinski definition) is 1. The highest BCUT2D eigenvalue weighted by Gasteiger charge is 2.37. The van der Waals surface area contributed by atoms with Crippen molar-refractivity contribution in [3.8, 4) is 0 Å². The van der Waals surface area contributed by atoms with E-state index in [2.05, 4.69) is 15.4 Å². The van der Waals surface area contributed by atoms with E-state index in [4.69, 9.17) is 4.74 Å². The third-order valence-corrected chi connectivity index (χ3v) is 4.32. The summed E-state index contributed by atoms with van der Waals surface area (Å²) < 4.78 is 45.4. The van der Waals surface area contributed by atoms with Crippen LogP contribution >= 0.6 is 0 Å². The van der Waals surface area contributed by atoms with Crippen LogP contribution < -0.4 is 5.32 Å². The number of nitrogens with one attached hydrogen (secondary N) is 1. The van der Waals surface area contributed by atoms with E-state index in [0.717, 1.165) is 4.68 Å². The van der Waals surface area contributed by atoms with Crippen LogP contribution in [0.4, 0.5) is 13.2 Å². The Morgan fingerprint density at radius 3 is 2.59 bits per heavy atom. The molecule has 0 spiro atoms. The quantitative estimate of drug-likeness (QED) is 0.475. The van der Waals surface area contributed by atoms with Crippen molar-refractivity contribution >= 4 is 11.9 Å². The van der Waals surface area contributed by atoms with Gasteiger partial charge in [0.2, 0.25) is 0 Å². The van der Waals surface area contributed by atoms with E-state index in [1.165, 1.54) is 13.2 Å². The SMILES string of the molecule is CCNC(=NCc1cn(C)nc1C(F)(F)F)N1CCC(C(=O)OCC)CC1. The first-order valence-corrected chi connectivity index (χ1v) is 9.05. The normalized spacial score (nSPS) is 16.5. The van der Waals surface area contributed by atoms with Gasteiger partial charge in [-0.1, -0.05) is 0 Å². The minimum Gasteiger partial charge on any atom is -0.466 e. The summed E-state index contributed by atoms with van der Waals surface area (Å²) in [6.07, 6.45) is -1.92. The highest BCUT2D eigenvalue weighted by atomic mass is 19.4. The van der Waals surface area contributed by atoms with Crippen molar-refractivity contribution in [2.24, 2.45) is 18.0 Å². The molecule has 0 atom stereocenters. The zero-order valence-corrected chi connectivity index (χ0v) is 15.8. The van der Waals surface area contributed by atoms with Crippen molar-refractivity contribution in [2.45, 2.75) is 39.4 Å². The van der Waals surface area contributed by atoms with Gasteiger partial charge in [-0.3, -0.25) is 9.48 Å². The van der Waals surface area contributed by atoms with Crippen LogP contribution in [0.5, 0.6) is 0 Å². The Kier molecular flexibility index (Phi) is 7.09. The topological polar surface area (TPSA) is 71.8 Å². The average Bonchev–Trinajstić information content (AvgIpc) is 3.00. The van der Waals surface area contributed by atoms with Crippen LogP contribution in [-0.2, 0) is 29.3 Å². The van der Waals surface area contributed by atoms with Gasteiger partial charge >= 0.3 is 12.1 Å². The molecule has 1 N–H and O–H groups in total. The fourth-order valence-electron chi connectivity index (χ4n) is 3.06. The second-order valence-electron chi connectivity index (χ2n) is 6.36. The van der Waals surface area contributed by atoms with E-state index >= 15 is 0 Å². The number of likely N-dealkylation sites (tertiary alicyclic amines) is 1. The number of halogens is 3. The van der Waals surface area contributed by atoms with Crippen LogP contribution in [0.25, 0.3) is 0 Å².